The first-order chi connectivity index (χ1) is 7.14. The molecular weight excluding hydrogens is 204 g/mol. The Hall–Kier alpha value is 0.137. The standard InChI is InChI=1S/C12H28O2Si/c1-5-9-10-12(13)11-14-15(6-2,7-3)8-4/h12-13H,5-11H2,1-4H3/t12-/m1/s1. The molecule has 15 heavy (non-hydrogen) atoms. The van der Waals surface area contributed by atoms with E-state index in [2.05, 4.69) is 27.7 Å². The summed E-state index contributed by atoms with van der Waals surface area (Å²) in [5, 5.41) is 9.73. The Morgan fingerprint density at radius 1 is 1.07 bits per heavy atom. The minimum atomic E-state index is -1.48. The van der Waals surface area contributed by atoms with Gasteiger partial charge in [-0.1, -0.05) is 40.5 Å². The van der Waals surface area contributed by atoms with E-state index in [0.717, 1.165) is 19.3 Å². The molecule has 1 atom stereocenters. The molecule has 2 nitrogen and oxygen atoms in total. The molecule has 0 amide bonds. The summed E-state index contributed by atoms with van der Waals surface area (Å²) in [6, 6.07) is 3.50. The zero-order valence-corrected chi connectivity index (χ0v) is 11.9. The molecule has 0 aromatic carbocycles. The average Bonchev–Trinajstić information content (AvgIpc) is 2.29. The number of hydrogen-bond acceptors (Lipinski definition) is 2. The summed E-state index contributed by atoms with van der Waals surface area (Å²) < 4.78 is 6.02. The molecule has 0 rings (SSSR count). The molecule has 0 aliphatic rings. The molecule has 0 heterocycles. The molecule has 0 unspecified atom stereocenters. The molecule has 0 radical (unpaired) electrons. The number of hydrogen-bond donors (Lipinski definition) is 1. The zero-order valence-electron chi connectivity index (χ0n) is 10.9. The van der Waals surface area contributed by atoms with Crippen molar-refractivity contribution in [1.29, 1.82) is 0 Å². The van der Waals surface area contributed by atoms with Gasteiger partial charge in [0, 0.05) is 0 Å². The molecule has 0 aliphatic heterocycles. The number of aliphatic hydroxyl groups is 1. The van der Waals surface area contributed by atoms with Crippen molar-refractivity contribution in [2.24, 2.45) is 0 Å². The van der Waals surface area contributed by atoms with Gasteiger partial charge in [-0.25, -0.2) is 0 Å². The molecule has 1 N–H and O–H groups in total. The van der Waals surface area contributed by atoms with Gasteiger partial charge in [-0.15, -0.1) is 0 Å². The van der Waals surface area contributed by atoms with E-state index < -0.39 is 8.32 Å². The summed E-state index contributed by atoms with van der Waals surface area (Å²) in [5.41, 5.74) is 0. The van der Waals surface area contributed by atoms with Crippen molar-refractivity contribution in [2.75, 3.05) is 6.61 Å². The second-order valence-corrected chi connectivity index (χ2v) is 9.13. The van der Waals surface area contributed by atoms with Crippen LogP contribution in [0.5, 0.6) is 0 Å². The maximum Gasteiger partial charge on any atom is 0.192 e. The third-order valence-electron chi connectivity index (χ3n) is 3.41. The van der Waals surface area contributed by atoms with Crippen molar-refractivity contribution in [3.05, 3.63) is 0 Å². The van der Waals surface area contributed by atoms with Crippen molar-refractivity contribution in [3.8, 4) is 0 Å². The van der Waals surface area contributed by atoms with Gasteiger partial charge in [0.25, 0.3) is 0 Å². The Morgan fingerprint density at radius 2 is 1.60 bits per heavy atom. The van der Waals surface area contributed by atoms with Crippen LogP contribution in [0, 0.1) is 0 Å². The van der Waals surface area contributed by atoms with E-state index in [0.29, 0.717) is 6.61 Å². The predicted molar refractivity (Wildman–Crippen MR) is 68.7 cm³/mol. The SMILES string of the molecule is CCCC[C@@H](O)CO[Si](CC)(CC)CC. The quantitative estimate of drug-likeness (QED) is 0.616. The Kier molecular flexibility index (Phi) is 8.38. The summed E-state index contributed by atoms with van der Waals surface area (Å²) in [5.74, 6) is 0. The first kappa shape index (κ1) is 15.1. The molecule has 0 aromatic heterocycles. The number of rotatable bonds is 9. The minimum Gasteiger partial charge on any atom is -0.414 e. The predicted octanol–water partition coefficient (Wildman–Crippen LogP) is 3.56. The molecule has 0 aliphatic carbocycles. The van der Waals surface area contributed by atoms with Gasteiger partial charge in [-0.2, -0.15) is 0 Å². The normalized spacial score (nSPS) is 14.2. The van der Waals surface area contributed by atoms with E-state index in [1.807, 2.05) is 0 Å². The Bertz CT molecular complexity index is 138. The van der Waals surface area contributed by atoms with Gasteiger partial charge in [-0.3, -0.25) is 0 Å². The molecule has 3 heteroatoms. The van der Waals surface area contributed by atoms with Crippen molar-refractivity contribution in [1.82, 2.24) is 0 Å². The monoisotopic (exact) mass is 232 g/mol. The smallest absolute Gasteiger partial charge is 0.192 e. The van der Waals surface area contributed by atoms with Crippen LogP contribution >= 0.6 is 0 Å². The second-order valence-electron chi connectivity index (χ2n) is 4.35. The van der Waals surface area contributed by atoms with Gasteiger partial charge in [0.2, 0.25) is 0 Å². The van der Waals surface area contributed by atoms with Crippen LogP contribution in [0.2, 0.25) is 18.1 Å². The van der Waals surface area contributed by atoms with Crippen LogP contribution in [-0.2, 0) is 4.43 Å². The number of aliphatic hydroxyl groups excluding tert-OH is 1. The highest BCUT2D eigenvalue weighted by molar-refractivity contribution is 6.73. The molecule has 0 bridgehead atoms. The van der Waals surface area contributed by atoms with Gasteiger partial charge < -0.3 is 9.53 Å². The van der Waals surface area contributed by atoms with Gasteiger partial charge >= 0.3 is 0 Å². The maximum atomic E-state index is 9.73. The van der Waals surface area contributed by atoms with Crippen LogP contribution < -0.4 is 0 Å². The summed E-state index contributed by atoms with van der Waals surface area (Å²) >= 11 is 0. The van der Waals surface area contributed by atoms with Crippen LogP contribution in [-0.4, -0.2) is 26.1 Å². The summed E-state index contributed by atoms with van der Waals surface area (Å²) in [7, 11) is -1.48. The van der Waals surface area contributed by atoms with Gasteiger partial charge in [0.15, 0.2) is 8.32 Å². The molecule has 0 fully saturated rings. The molecule has 0 saturated heterocycles. The maximum absolute atomic E-state index is 9.73. The van der Waals surface area contributed by atoms with E-state index in [9.17, 15) is 5.11 Å². The van der Waals surface area contributed by atoms with E-state index in [4.69, 9.17) is 4.43 Å². The zero-order chi connectivity index (χ0) is 11.7. The van der Waals surface area contributed by atoms with Crippen LogP contribution in [0.4, 0.5) is 0 Å². The van der Waals surface area contributed by atoms with Gasteiger partial charge in [0.05, 0.1) is 12.7 Å². The van der Waals surface area contributed by atoms with Crippen LogP contribution in [0.25, 0.3) is 0 Å². The number of unbranched alkanes of at least 4 members (excludes halogenated alkanes) is 1. The summed E-state index contributed by atoms with van der Waals surface area (Å²) in [4.78, 5) is 0. The Morgan fingerprint density at radius 3 is 2.00 bits per heavy atom. The summed E-state index contributed by atoms with van der Waals surface area (Å²) in [6.45, 7) is 9.37. The molecule has 0 spiro atoms. The van der Waals surface area contributed by atoms with Crippen LogP contribution in [0.1, 0.15) is 47.0 Å². The Balaban J connectivity index is 3.88. The van der Waals surface area contributed by atoms with E-state index in [-0.39, 0.29) is 6.10 Å². The molecule has 0 saturated carbocycles. The highest BCUT2D eigenvalue weighted by Gasteiger charge is 2.29. The second kappa shape index (κ2) is 8.31. The third kappa shape index (κ3) is 5.69. The fourth-order valence-electron chi connectivity index (χ4n) is 1.85. The largest absolute Gasteiger partial charge is 0.414 e. The third-order valence-corrected chi connectivity index (χ3v) is 8.05. The highest BCUT2D eigenvalue weighted by Crippen LogP contribution is 2.22. The van der Waals surface area contributed by atoms with Gasteiger partial charge in [0.1, 0.15) is 0 Å². The van der Waals surface area contributed by atoms with Crippen LogP contribution in [0.15, 0.2) is 0 Å². The lowest BCUT2D eigenvalue weighted by Crippen LogP contribution is -2.38. The Labute approximate surface area is 96.2 Å². The lowest BCUT2D eigenvalue weighted by Gasteiger charge is -2.29. The fraction of sp³-hybridized carbons (Fsp3) is 1.00. The highest BCUT2D eigenvalue weighted by atomic mass is 28.4. The molecule has 92 valence electrons. The molecular formula is C12H28O2Si. The fourth-order valence-corrected chi connectivity index (χ4v) is 4.51. The lowest BCUT2D eigenvalue weighted by atomic mass is 10.2. The van der Waals surface area contributed by atoms with E-state index in [1.54, 1.807) is 0 Å². The van der Waals surface area contributed by atoms with Crippen molar-refractivity contribution >= 4 is 8.32 Å². The minimum absolute atomic E-state index is 0.249. The van der Waals surface area contributed by atoms with Crippen molar-refractivity contribution in [3.63, 3.8) is 0 Å². The first-order valence-corrected chi connectivity index (χ1v) is 8.99. The van der Waals surface area contributed by atoms with Gasteiger partial charge in [-0.05, 0) is 24.6 Å². The summed E-state index contributed by atoms with van der Waals surface area (Å²) in [6.07, 6.45) is 2.89. The van der Waals surface area contributed by atoms with E-state index >= 15 is 0 Å². The lowest BCUT2D eigenvalue weighted by molar-refractivity contribution is 0.0925. The topological polar surface area (TPSA) is 29.5 Å². The first-order valence-electron chi connectivity index (χ1n) is 6.46. The van der Waals surface area contributed by atoms with E-state index in [1.165, 1.54) is 18.1 Å². The van der Waals surface area contributed by atoms with Crippen molar-refractivity contribution < 1.29 is 9.53 Å². The molecule has 0 aromatic rings. The van der Waals surface area contributed by atoms with Crippen LogP contribution in [0.3, 0.4) is 0 Å². The van der Waals surface area contributed by atoms with Crippen molar-refractivity contribution in [2.45, 2.75) is 71.2 Å². The average molecular weight is 232 g/mol.